The van der Waals surface area contributed by atoms with Gasteiger partial charge in [0.2, 0.25) is 0 Å². The van der Waals surface area contributed by atoms with Gasteiger partial charge in [0.1, 0.15) is 0 Å². The van der Waals surface area contributed by atoms with E-state index in [1.165, 1.54) is 6.42 Å². The number of carbonyl (C=O) groups excluding carboxylic acids is 1. The second kappa shape index (κ2) is 4.24. The van der Waals surface area contributed by atoms with Crippen molar-refractivity contribution in [2.24, 2.45) is 11.7 Å². The van der Waals surface area contributed by atoms with Gasteiger partial charge in [-0.15, -0.1) is 0 Å². The normalized spacial score (nSPS) is 27.5. The summed E-state index contributed by atoms with van der Waals surface area (Å²) in [6, 6.07) is 1.98. The molecule has 2 rings (SSSR count). The van der Waals surface area contributed by atoms with Gasteiger partial charge in [-0.3, -0.25) is 4.79 Å². The van der Waals surface area contributed by atoms with Gasteiger partial charge in [0, 0.05) is 22.9 Å². The predicted molar refractivity (Wildman–Crippen MR) is 58.6 cm³/mol. The van der Waals surface area contributed by atoms with Gasteiger partial charge < -0.3 is 5.73 Å². The quantitative estimate of drug-likeness (QED) is 0.760. The Hall–Kier alpha value is -0.670. The van der Waals surface area contributed by atoms with Crippen LogP contribution in [0.1, 0.15) is 36.0 Å². The lowest BCUT2D eigenvalue weighted by atomic mass is 9.81. The molecule has 3 heteroatoms. The maximum Gasteiger partial charge on any atom is 0.168 e. The SMILES string of the molecule is NC1CCCCC1C(=O)c1ccsc1. The number of carbonyl (C=O) groups is 1. The molecule has 2 atom stereocenters. The highest BCUT2D eigenvalue weighted by molar-refractivity contribution is 7.08. The Bertz CT molecular complexity index is 307. The summed E-state index contributed by atoms with van der Waals surface area (Å²) < 4.78 is 0. The summed E-state index contributed by atoms with van der Waals surface area (Å²) in [4.78, 5) is 12.0. The van der Waals surface area contributed by atoms with Crippen molar-refractivity contribution in [3.05, 3.63) is 22.4 Å². The Balaban J connectivity index is 2.10. The molecule has 2 unspecified atom stereocenters. The standard InChI is InChI=1S/C11H15NOS/c12-10-4-2-1-3-9(10)11(13)8-5-6-14-7-8/h5-7,9-10H,1-4,12H2. The van der Waals surface area contributed by atoms with Crippen LogP contribution in [0.2, 0.25) is 0 Å². The molecule has 2 nitrogen and oxygen atoms in total. The minimum atomic E-state index is 0.0679. The summed E-state index contributed by atoms with van der Waals surface area (Å²) in [7, 11) is 0. The molecule has 1 aliphatic carbocycles. The van der Waals surface area contributed by atoms with Crippen molar-refractivity contribution in [1.29, 1.82) is 0 Å². The van der Waals surface area contributed by atoms with Crippen LogP contribution in [-0.4, -0.2) is 11.8 Å². The van der Waals surface area contributed by atoms with E-state index in [0.717, 1.165) is 24.8 Å². The van der Waals surface area contributed by atoms with Crippen LogP contribution >= 0.6 is 11.3 Å². The first-order valence-electron chi connectivity index (χ1n) is 5.11. The second-order valence-corrected chi connectivity index (χ2v) is 4.71. The molecule has 1 aliphatic rings. The highest BCUT2D eigenvalue weighted by Crippen LogP contribution is 2.26. The zero-order valence-electron chi connectivity index (χ0n) is 8.11. The first-order chi connectivity index (χ1) is 6.79. The van der Waals surface area contributed by atoms with E-state index in [1.54, 1.807) is 11.3 Å². The monoisotopic (exact) mass is 209 g/mol. The van der Waals surface area contributed by atoms with Crippen molar-refractivity contribution in [2.45, 2.75) is 31.7 Å². The fourth-order valence-electron chi connectivity index (χ4n) is 2.10. The van der Waals surface area contributed by atoms with E-state index in [9.17, 15) is 4.79 Å². The van der Waals surface area contributed by atoms with Crippen LogP contribution in [0, 0.1) is 5.92 Å². The summed E-state index contributed by atoms with van der Waals surface area (Å²) in [5, 5.41) is 3.87. The summed E-state index contributed by atoms with van der Waals surface area (Å²) >= 11 is 1.57. The van der Waals surface area contributed by atoms with Crippen LogP contribution < -0.4 is 5.73 Å². The molecule has 0 amide bonds. The van der Waals surface area contributed by atoms with Crippen LogP contribution in [0.5, 0.6) is 0 Å². The minimum Gasteiger partial charge on any atom is -0.327 e. The molecule has 1 saturated carbocycles. The summed E-state index contributed by atoms with van der Waals surface area (Å²) in [6.45, 7) is 0. The first-order valence-corrected chi connectivity index (χ1v) is 6.05. The lowest BCUT2D eigenvalue weighted by Gasteiger charge is -2.26. The van der Waals surface area contributed by atoms with E-state index in [1.807, 2.05) is 16.8 Å². The van der Waals surface area contributed by atoms with Crippen LogP contribution in [0.25, 0.3) is 0 Å². The Morgan fingerprint density at radius 3 is 2.86 bits per heavy atom. The molecule has 1 heterocycles. The number of Topliss-reactive ketones (excluding diaryl/α,β-unsaturated/α-hetero) is 1. The van der Waals surface area contributed by atoms with Gasteiger partial charge in [0.25, 0.3) is 0 Å². The summed E-state index contributed by atoms with van der Waals surface area (Å²) in [5.41, 5.74) is 6.81. The Labute approximate surface area is 88.1 Å². The largest absolute Gasteiger partial charge is 0.327 e. The molecule has 2 N–H and O–H groups in total. The highest BCUT2D eigenvalue weighted by atomic mass is 32.1. The molecule has 1 aromatic rings. The third kappa shape index (κ3) is 1.88. The third-order valence-electron chi connectivity index (χ3n) is 2.96. The van der Waals surface area contributed by atoms with Crippen molar-refractivity contribution in [2.75, 3.05) is 0 Å². The van der Waals surface area contributed by atoms with Crippen LogP contribution in [0.3, 0.4) is 0 Å². The number of ketones is 1. The maximum absolute atomic E-state index is 12.0. The van der Waals surface area contributed by atoms with Gasteiger partial charge in [-0.25, -0.2) is 0 Å². The minimum absolute atomic E-state index is 0.0679. The molecule has 0 spiro atoms. The molecule has 76 valence electrons. The fourth-order valence-corrected chi connectivity index (χ4v) is 2.75. The molecular weight excluding hydrogens is 194 g/mol. The van der Waals surface area contributed by atoms with Gasteiger partial charge in [0.15, 0.2) is 5.78 Å². The average molecular weight is 209 g/mol. The van der Waals surface area contributed by atoms with E-state index in [0.29, 0.717) is 0 Å². The van der Waals surface area contributed by atoms with Crippen molar-refractivity contribution < 1.29 is 4.79 Å². The van der Waals surface area contributed by atoms with E-state index in [2.05, 4.69) is 0 Å². The summed E-state index contributed by atoms with van der Waals surface area (Å²) in [5.74, 6) is 0.316. The van der Waals surface area contributed by atoms with E-state index >= 15 is 0 Å². The van der Waals surface area contributed by atoms with Crippen LogP contribution in [0.15, 0.2) is 16.8 Å². The fraction of sp³-hybridized carbons (Fsp3) is 0.545. The number of thiophene rings is 1. The number of nitrogens with two attached hydrogens (primary N) is 1. The van der Waals surface area contributed by atoms with E-state index < -0.39 is 0 Å². The molecule has 0 aliphatic heterocycles. The van der Waals surface area contributed by atoms with Gasteiger partial charge in [0.05, 0.1) is 0 Å². The topological polar surface area (TPSA) is 43.1 Å². The second-order valence-electron chi connectivity index (χ2n) is 3.93. The number of rotatable bonds is 2. The smallest absolute Gasteiger partial charge is 0.168 e. The molecule has 0 aromatic carbocycles. The zero-order chi connectivity index (χ0) is 9.97. The molecular formula is C11H15NOS. The molecule has 1 fully saturated rings. The van der Waals surface area contributed by atoms with E-state index in [4.69, 9.17) is 5.73 Å². The number of hydrogen-bond acceptors (Lipinski definition) is 3. The van der Waals surface area contributed by atoms with Crippen molar-refractivity contribution in [1.82, 2.24) is 0 Å². The van der Waals surface area contributed by atoms with E-state index in [-0.39, 0.29) is 17.7 Å². The van der Waals surface area contributed by atoms with Crippen molar-refractivity contribution in [3.63, 3.8) is 0 Å². The number of hydrogen-bond donors (Lipinski definition) is 1. The van der Waals surface area contributed by atoms with Gasteiger partial charge in [-0.05, 0) is 24.3 Å². The van der Waals surface area contributed by atoms with Crippen molar-refractivity contribution in [3.8, 4) is 0 Å². The molecule has 14 heavy (non-hydrogen) atoms. The van der Waals surface area contributed by atoms with Gasteiger partial charge in [-0.2, -0.15) is 11.3 Å². The Morgan fingerprint density at radius 2 is 2.21 bits per heavy atom. The molecule has 0 saturated heterocycles. The van der Waals surface area contributed by atoms with Crippen molar-refractivity contribution >= 4 is 17.1 Å². The van der Waals surface area contributed by atoms with Crippen LogP contribution in [-0.2, 0) is 0 Å². The Kier molecular flexibility index (Phi) is 2.99. The predicted octanol–water partition coefficient (Wildman–Crippen LogP) is 2.45. The molecule has 0 radical (unpaired) electrons. The average Bonchev–Trinajstić information content (AvgIpc) is 2.70. The lowest BCUT2D eigenvalue weighted by molar-refractivity contribution is 0.0871. The third-order valence-corrected chi connectivity index (χ3v) is 3.65. The zero-order valence-corrected chi connectivity index (χ0v) is 8.93. The molecule has 1 aromatic heterocycles. The maximum atomic E-state index is 12.0. The first kappa shape index (κ1) is 9.87. The Morgan fingerprint density at radius 1 is 1.43 bits per heavy atom. The van der Waals surface area contributed by atoms with Gasteiger partial charge >= 0.3 is 0 Å². The highest BCUT2D eigenvalue weighted by Gasteiger charge is 2.28. The lowest BCUT2D eigenvalue weighted by Crippen LogP contribution is -2.37. The molecule has 0 bridgehead atoms. The van der Waals surface area contributed by atoms with Gasteiger partial charge in [-0.1, -0.05) is 12.8 Å². The van der Waals surface area contributed by atoms with Crippen LogP contribution in [0.4, 0.5) is 0 Å². The summed E-state index contributed by atoms with van der Waals surface area (Å²) in [6.07, 6.45) is 4.29.